The van der Waals surface area contributed by atoms with E-state index in [4.69, 9.17) is 4.42 Å². The van der Waals surface area contributed by atoms with Crippen LogP contribution in [0.15, 0.2) is 63.0 Å². The third-order valence-corrected chi connectivity index (χ3v) is 7.29. The molecular formula is C30H25BF2N2O2. The summed E-state index contributed by atoms with van der Waals surface area (Å²) in [4.78, 5) is 12.9. The summed E-state index contributed by atoms with van der Waals surface area (Å²) in [6, 6.07) is 7.34. The maximum atomic E-state index is 15.8. The van der Waals surface area contributed by atoms with E-state index >= 15 is 8.63 Å². The van der Waals surface area contributed by atoms with Crippen molar-refractivity contribution in [1.29, 1.82) is 0 Å². The van der Waals surface area contributed by atoms with Gasteiger partial charge < -0.3 is 22.0 Å². The molecule has 37 heavy (non-hydrogen) atoms. The summed E-state index contributed by atoms with van der Waals surface area (Å²) in [6.07, 6.45) is 11.0. The van der Waals surface area contributed by atoms with Crippen LogP contribution in [0, 0.1) is 25.7 Å². The summed E-state index contributed by atoms with van der Waals surface area (Å²) < 4.78 is 39.5. The van der Waals surface area contributed by atoms with Crippen LogP contribution in [0.5, 0.6) is 0 Å². The molecule has 2 aromatic heterocycles. The van der Waals surface area contributed by atoms with Crippen molar-refractivity contribution in [3.05, 3.63) is 97.8 Å². The molecule has 3 aromatic rings. The van der Waals surface area contributed by atoms with Crippen LogP contribution < -0.4 is 5.63 Å². The average Bonchev–Trinajstić information content (AvgIpc) is 3.29. The van der Waals surface area contributed by atoms with E-state index < -0.39 is 12.6 Å². The molecule has 7 heteroatoms. The molecule has 0 amide bonds. The Kier molecular flexibility index (Phi) is 5.13. The quantitative estimate of drug-likeness (QED) is 0.233. The van der Waals surface area contributed by atoms with Crippen LogP contribution in [0.3, 0.4) is 0 Å². The highest BCUT2D eigenvalue weighted by Gasteiger charge is 2.54. The van der Waals surface area contributed by atoms with Crippen molar-refractivity contribution in [3.8, 4) is 11.8 Å². The van der Waals surface area contributed by atoms with Gasteiger partial charge in [0.15, 0.2) is 5.70 Å². The van der Waals surface area contributed by atoms with Crippen molar-refractivity contribution < 1.29 is 17.5 Å². The van der Waals surface area contributed by atoms with Crippen LogP contribution in [0.1, 0.15) is 60.3 Å². The first kappa shape index (κ1) is 23.2. The van der Waals surface area contributed by atoms with Crippen LogP contribution >= 0.6 is 0 Å². The fraction of sp³-hybridized carbons (Fsp3) is 0.200. The Morgan fingerprint density at radius 1 is 1.11 bits per heavy atom. The molecule has 0 fully saturated rings. The van der Waals surface area contributed by atoms with Gasteiger partial charge in [-0.2, -0.15) is 0 Å². The maximum absolute atomic E-state index is 15.8. The Bertz CT molecular complexity index is 1820. The molecule has 0 saturated carbocycles. The van der Waals surface area contributed by atoms with E-state index in [1.165, 1.54) is 0 Å². The number of benzene rings is 1. The minimum Gasteiger partial charge on any atom is -0.422 e. The van der Waals surface area contributed by atoms with Crippen molar-refractivity contribution in [2.24, 2.45) is 0 Å². The highest BCUT2D eigenvalue weighted by molar-refractivity contribution is 6.58. The summed E-state index contributed by atoms with van der Waals surface area (Å²) >= 11 is 0. The molecule has 0 spiro atoms. The van der Waals surface area contributed by atoms with Gasteiger partial charge in [0.05, 0.1) is 11.1 Å². The van der Waals surface area contributed by atoms with Crippen molar-refractivity contribution in [2.75, 3.05) is 0 Å². The van der Waals surface area contributed by atoms with Crippen LogP contribution in [-0.4, -0.2) is 21.6 Å². The van der Waals surface area contributed by atoms with E-state index in [2.05, 4.69) is 17.9 Å². The molecular weight excluding hydrogens is 469 g/mol. The lowest BCUT2D eigenvalue weighted by molar-refractivity contribution is -0.363. The highest BCUT2D eigenvalue weighted by atomic mass is 19.2. The smallest absolute Gasteiger partial charge is 0.422 e. The third-order valence-electron chi connectivity index (χ3n) is 7.29. The Morgan fingerprint density at radius 2 is 1.92 bits per heavy atom. The number of fused-ring (bicyclic) bond motifs is 4. The van der Waals surface area contributed by atoms with E-state index in [1.807, 2.05) is 26.0 Å². The number of aromatic nitrogens is 1. The van der Waals surface area contributed by atoms with Gasteiger partial charge in [-0.3, -0.25) is 0 Å². The van der Waals surface area contributed by atoms with Crippen LogP contribution in [0.4, 0.5) is 8.63 Å². The normalized spacial score (nSPS) is 18.7. The summed E-state index contributed by atoms with van der Waals surface area (Å²) in [5.74, 6) is 6.29. The van der Waals surface area contributed by atoms with Crippen molar-refractivity contribution >= 4 is 41.4 Å². The molecule has 4 nitrogen and oxygen atoms in total. The largest absolute Gasteiger partial charge is 0.737 e. The van der Waals surface area contributed by atoms with Crippen molar-refractivity contribution in [3.63, 3.8) is 0 Å². The fourth-order valence-corrected chi connectivity index (χ4v) is 5.77. The summed E-state index contributed by atoms with van der Waals surface area (Å²) in [7, 11) is 0. The maximum Gasteiger partial charge on any atom is 0.737 e. The predicted octanol–water partition coefficient (Wildman–Crippen LogP) is 6.46. The second-order valence-corrected chi connectivity index (χ2v) is 9.92. The molecule has 1 aliphatic carbocycles. The fourth-order valence-electron chi connectivity index (χ4n) is 5.77. The summed E-state index contributed by atoms with van der Waals surface area (Å²) in [5.41, 5.74) is 6.26. The molecule has 0 unspecified atom stereocenters. The molecule has 0 saturated heterocycles. The molecule has 2 aliphatic heterocycles. The van der Waals surface area contributed by atoms with Gasteiger partial charge in [-0.25, -0.2) is 4.79 Å². The topological polar surface area (TPSA) is 38.1 Å². The predicted molar refractivity (Wildman–Crippen MR) is 146 cm³/mol. The number of hydrogen-bond acceptors (Lipinski definition) is 2. The third kappa shape index (κ3) is 3.51. The minimum absolute atomic E-state index is 0.351. The van der Waals surface area contributed by atoms with E-state index in [0.717, 1.165) is 49.5 Å². The van der Waals surface area contributed by atoms with Gasteiger partial charge in [0.2, 0.25) is 0 Å². The van der Waals surface area contributed by atoms with Crippen molar-refractivity contribution in [1.82, 2.24) is 4.48 Å². The number of aryl methyl sites for hydroxylation is 2. The first-order valence-electron chi connectivity index (χ1n) is 12.4. The Morgan fingerprint density at radius 3 is 2.73 bits per heavy atom. The van der Waals surface area contributed by atoms with E-state index in [-0.39, 0.29) is 0 Å². The van der Waals surface area contributed by atoms with Gasteiger partial charge >= 0.3 is 12.6 Å². The van der Waals surface area contributed by atoms with Crippen LogP contribution in [0.2, 0.25) is 0 Å². The molecule has 1 aromatic carbocycles. The van der Waals surface area contributed by atoms with E-state index in [9.17, 15) is 4.79 Å². The Balaban J connectivity index is 1.53. The second kappa shape index (κ2) is 8.17. The Labute approximate surface area is 213 Å². The Hall–Kier alpha value is -4.18. The van der Waals surface area contributed by atoms with Gasteiger partial charge in [-0.15, -0.1) is 0 Å². The zero-order chi connectivity index (χ0) is 26.1. The van der Waals surface area contributed by atoms with Gasteiger partial charge in [0.25, 0.3) is 0 Å². The molecule has 0 bridgehead atoms. The molecule has 6 rings (SSSR count). The number of halogens is 2. The molecule has 0 atom stereocenters. The number of hydrogen-bond donors (Lipinski definition) is 0. The zero-order valence-corrected chi connectivity index (χ0v) is 21.2. The minimum atomic E-state index is -4.04. The lowest BCUT2D eigenvalue weighted by Gasteiger charge is -2.33. The van der Waals surface area contributed by atoms with E-state index in [0.29, 0.717) is 39.5 Å². The first-order chi connectivity index (χ1) is 17.7. The molecule has 3 aliphatic rings. The molecule has 0 radical (unpaired) electrons. The number of nitrogens with zero attached hydrogens (tertiary/aromatic N) is 2. The number of allylic oxidation sites excluding steroid dienone is 5. The van der Waals surface area contributed by atoms with Crippen molar-refractivity contribution in [2.45, 2.75) is 40.5 Å². The van der Waals surface area contributed by atoms with Crippen LogP contribution in [-0.2, 0) is 0 Å². The second-order valence-electron chi connectivity index (χ2n) is 9.92. The van der Waals surface area contributed by atoms with Gasteiger partial charge in [-0.05, 0) is 80.4 Å². The monoisotopic (exact) mass is 494 g/mol. The summed E-state index contributed by atoms with van der Waals surface area (Å²) in [5, 5.41) is 0.777. The van der Waals surface area contributed by atoms with Crippen LogP contribution in [0.25, 0.3) is 28.7 Å². The van der Waals surface area contributed by atoms with Gasteiger partial charge in [0, 0.05) is 41.6 Å². The highest BCUT2D eigenvalue weighted by Crippen LogP contribution is 2.42. The molecule has 0 N–H and O–H groups in total. The number of rotatable bonds is 2. The average molecular weight is 494 g/mol. The van der Waals surface area contributed by atoms with E-state index in [1.54, 1.807) is 50.3 Å². The summed E-state index contributed by atoms with van der Waals surface area (Å²) in [6.45, 7) is 3.04. The zero-order valence-electron chi connectivity index (χ0n) is 21.2. The lowest BCUT2D eigenvalue weighted by Crippen LogP contribution is -2.51. The SMILES string of the molecule is CC1=CC(C)=[N+]2C1=C(/C=C/c1cc3cc4c(cc3oc1=O)C#CCC/C=C\4)c1c(C)cc(C)n1[B-]2(F)F. The standard InChI is InChI=1S/C30H25BF2N2O2/c1-18-13-20(3)34-28(18)26(29-19(2)14-21(4)35(29)31(34,32)33)12-11-24-16-25-15-22-9-7-5-6-8-10-23(22)17-27(25)37-30(24)36/h7,9,11-17H,5-6H2,1-4H3/b9-7-,12-11+. The van der Waals surface area contributed by atoms with Gasteiger partial charge in [0.1, 0.15) is 11.3 Å². The first-order valence-corrected chi connectivity index (χ1v) is 12.4. The molecule has 4 heterocycles. The molecule has 184 valence electrons. The lowest BCUT2D eigenvalue weighted by atomic mass is 9.86. The van der Waals surface area contributed by atoms with Gasteiger partial charge in [-0.1, -0.05) is 24.0 Å².